The Morgan fingerprint density at radius 1 is 1.50 bits per heavy atom. The van der Waals surface area contributed by atoms with Crippen molar-refractivity contribution in [2.45, 2.75) is 19.9 Å². The molecule has 1 amide bonds. The van der Waals surface area contributed by atoms with Crippen LogP contribution in [-0.2, 0) is 4.79 Å². The zero-order valence-electron chi connectivity index (χ0n) is 9.63. The Bertz CT molecular complexity index is 451. The minimum Gasteiger partial charge on any atom is -0.324 e. The van der Waals surface area contributed by atoms with Crippen molar-refractivity contribution in [3.8, 4) is 0 Å². The predicted octanol–water partition coefficient (Wildman–Crippen LogP) is 2.07. The van der Waals surface area contributed by atoms with Gasteiger partial charge >= 0.3 is 0 Å². The molecule has 1 aromatic carbocycles. The van der Waals surface area contributed by atoms with Crippen LogP contribution in [0.25, 0.3) is 0 Å². The molecule has 1 aliphatic rings. The third kappa shape index (κ3) is 1.74. The van der Waals surface area contributed by atoms with Crippen LogP contribution in [0.5, 0.6) is 0 Å². The van der Waals surface area contributed by atoms with E-state index in [4.69, 9.17) is 0 Å². The molecule has 84 valence electrons. The molecule has 1 atom stereocenters. The van der Waals surface area contributed by atoms with E-state index in [1.165, 1.54) is 5.56 Å². The fraction of sp³-hybridized carbons (Fsp3) is 0.308. The van der Waals surface area contributed by atoms with Crippen molar-refractivity contribution in [3.63, 3.8) is 0 Å². The number of fused-ring (bicyclic) bond motifs is 1. The molecule has 1 aromatic rings. The highest BCUT2D eigenvalue weighted by Gasteiger charge is 2.30. The van der Waals surface area contributed by atoms with Crippen LogP contribution in [0.1, 0.15) is 22.7 Å². The second kappa shape index (κ2) is 4.10. The lowest BCUT2D eigenvalue weighted by molar-refractivity contribution is -0.117. The number of anilines is 1. The Morgan fingerprint density at radius 3 is 2.94 bits per heavy atom. The number of carbonyl (C=O) groups is 1. The fourth-order valence-electron chi connectivity index (χ4n) is 2.14. The van der Waals surface area contributed by atoms with Crippen LogP contribution in [0.3, 0.4) is 0 Å². The second-order valence-electron chi connectivity index (χ2n) is 4.17. The molecule has 0 aliphatic carbocycles. The van der Waals surface area contributed by atoms with Crippen molar-refractivity contribution in [2.75, 3.05) is 11.9 Å². The SMILES string of the molecule is C=CCNC1C(=O)Nc2c(C)cc(C)cc21. The van der Waals surface area contributed by atoms with Crippen molar-refractivity contribution < 1.29 is 4.79 Å². The third-order valence-corrected chi connectivity index (χ3v) is 2.80. The van der Waals surface area contributed by atoms with Crippen molar-refractivity contribution >= 4 is 11.6 Å². The third-order valence-electron chi connectivity index (χ3n) is 2.80. The monoisotopic (exact) mass is 216 g/mol. The molecular weight excluding hydrogens is 200 g/mol. The molecule has 1 aliphatic heterocycles. The van der Waals surface area contributed by atoms with Crippen molar-refractivity contribution in [3.05, 3.63) is 41.5 Å². The molecule has 0 saturated heterocycles. The van der Waals surface area contributed by atoms with Gasteiger partial charge in [0.05, 0.1) is 0 Å². The summed E-state index contributed by atoms with van der Waals surface area (Å²) in [5.41, 5.74) is 4.30. The summed E-state index contributed by atoms with van der Waals surface area (Å²) in [7, 11) is 0. The lowest BCUT2D eigenvalue weighted by atomic mass is 10.0. The summed E-state index contributed by atoms with van der Waals surface area (Å²) in [4.78, 5) is 11.8. The molecule has 0 saturated carbocycles. The van der Waals surface area contributed by atoms with Crippen LogP contribution >= 0.6 is 0 Å². The van der Waals surface area contributed by atoms with Gasteiger partial charge in [0.25, 0.3) is 0 Å². The molecular formula is C13H16N2O. The first kappa shape index (κ1) is 10.9. The van der Waals surface area contributed by atoms with Gasteiger partial charge in [-0.15, -0.1) is 6.58 Å². The van der Waals surface area contributed by atoms with Crippen molar-refractivity contribution in [1.82, 2.24) is 5.32 Å². The van der Waals surface area contributed by atoms with Crippen LogP contribution in [0.15, 0.2) is 24.8 Å². The van der Waals surface area contributed by atoms with Crippen molar-refractivity contribution in [1.29, 1.82) is 0 Å². The smallest absolute Gasteiger partial charge is 0.246 e. The van der Waals surface area contributed by atoms with E-state index in [1.54, 1.807) is 6.08 Å². The molecule has 2 N–H and O–H groups in total. The van der Waals surface area contributed by atoms with E-state index in [9.17, 15) is 4.79 Å². The van der Waals surface area contributed by atoms with Crippen molar-refractivity contribution in [2.24, 2.45) is 0 Å². The summed E-state index contributed by atoms with van der Waals surface area (Å²) in [5.74, 6) is 0.0190. The average molecular weight is 216 g/mol. The van der Waals surface area contributed by atoms with Gasteiger partial charge in [-0.3, -0.25) is 10.1 Å². The molecule has 3 nitrogen and oxygen atoms in total. The van der Waals surface area contributed by atoms with Crippen LogP contribution in [-0.4, -0.2) is 12.5 Å². The minimum absolute atomic E-state index is 0.0190. The molecule has 1 heterocycles. The number of amides is 1. The Labute approximate surface area is 95.6 Å². The topological polar surface area (TPSA) is 41.1 Å². The summed E-state index contributed by atoms with van der Waals surface area (Å²) >= 11 is 0. The van der Waals surface area contributed by atoms with Gasteiger partial charge in [0, 0.05) is 17.8 Å². The number of hydrogen-bond acceptors (Lipinski definition) is 2. The molecule has 0 spiro atoms. The molecule has 0 aromatic heterocycles. The fourth-order valence-corrected chi connectivity index (χ4v) is 2.14. The van der Waals surface area contributed by atoms with Crippen LogP contribution in [0.4, 0.5) is 5.69 Å². The molecule has 0 radical (unpaired) electrons. The maximum atomic E-state index is 11.8. The largest absolute Gasteiger partial charge is 0.324 e. The van der Waals surface area contributed by atoms with E-state index in [1.807, 2.05) is 13.8 Å². The van der Waals surface area contributed by atoms with Gasteiger partial charge in [-0.2, -0.15) is 0 Å². The Morgan fingerprint density at radius 2 is 2.25 bits per heavy atom. The van der Waals surface area contributed by atoms with E-state index in [0.29, 0.717) is 6.54 Å². The first-order valence-electron chi connectivity index (χ1n) is 5.39. The summed E-state index contributed by atoms with van der Waals surface area (Å²) < 4.78 is 0. The van der Waals surface area contributed by atoms with E-state index < -0.39 is 0 Å². The first-order chi connectivity index (χ1) is 7.63. The average Bonchev–Trinajstić information content (AvgIpc) is 2.53. The summed E-state index contributed by atoms with van der Waals surface area (Å²) in [6, 6.07) is 3.89. The Hall–Kier alpha value is -1.61. The number of hydrogen-bond donors (Lipinski definition) is 2. The van der Waals surface area contributed by atoms with Gasteiger partial charge in [-0.25, -0.2) is 0 Å². The van der Waals surface area contributed by atoms with Gasteiger partial charge in [0.15, 0.2) is 0 Å². The number of aryl methyl sites for hydroxylation is 2. The van der Waals surface area contributed by atoms with Crippen LogP contribution in [0.2, 0.25) is 0 Å². The zero-order chi connectivity index (χ0) is 11.7. The van der Waals surface area contributed by atoms with E-state index in [-0.39, 0.29) is 11.9 Å². The van der Waals surface area contributed by atoms with E-state index in [2.05, 4.69) is 29.3 Å². The quantitative estimate of drug-likeness (QED) is 0.759. The molecule has 1 unspecified atom stereocenters. The lowest BCUT2D eigenvalue weighted by Gasteiger charge is -2.10. The summed E-state index contributed by atoms with van der Waals surface area (Å²) in [6.45, 7) is 8.33. The number of nitrogens with one attached hydrogen (secondary N) is 2. The zero-order valence-corrected chi connectivity index (χ0v) is 9.63. The van der Waals surface area contributed by atoms with Gasteiger partial charge in [-0.05, 0) is 19.4 Å². The highest BCUT2D eigenvalue weighted by Crippen LogP contribution is 2.34. The maximum Gasteiger partial charge on any atom is 0.246 e. The molecule has 0 bridgehead atoms. The number of benzene rings is 1. The van der Waals surface area contributed by atoms with Gasteiger partial charge < -0.3 is 5.32 Å². The van der Waals surface area contributed by atoms with Crippen LogP contribution in [0, 0.1) is 13.8 Å². The van der Waals surface area contributed by atoms with Gasteiger partial charge in [0.1, 0.15) is 6.04 Å². The molecule has 3 heteroatoms. The van der Waals surface area contributed by atoms with E-state index >= 15 is 0 Å². The summed E-state index contributed by atoms with van der Waals surface area (Å²) in [5, 5.41) is 6.08. The molecule has 2 rings (SSSR count). The summed E-state index contributed by atoms with van der Waals surface area (Å²) in [6.07, 6.45) is 1.76. The standard InChI is InChI=1S/C13H16N2O/c1-4-5-14-12-10-7-8(2)6-9(3)11(10)15-13(12)16/h4,6-7,12,14H,1,5H2,2-3H3,(H,15,16). The highest BCUT2D eigenvalue weighted by molar-refractivity contribution is 6.03. The van der Waals surface area contributed by atoms with Gasteiger partial charge in [0.2, 0.25) is 5.91 Å². The first-order valence-corrected chi connectivity index (χ1v) is 5.39. The predicted molar refractivity (Wildman–Crippen MR) is 65.5 cm³/mol. The Balaban J connectivity index is 2.39. The molecule has 16 heavy (non-hydrogen) atoms. The Kier molecular flexibility index (Phi) is 2.79. The normalized spacial score (nSPS) is 18.1. The second-order valence-corrected chi connectivity index (χ2v) is 4.17. The number of carbonyl (C=O) groups excluding carboxylic acids is 1. The molecule has 0 fully saturated rings. The number of rotatable bonds is 3. The maximum absolute atomic E-state index is 11.8. The highest BCUT2D eigenvalue weighted by atomic mass is 16.2. The van der Waals surface area contributed by atoms with E-state index in [0.717, 1.165) is 16.8 Å². The van der Waals surface area contributed by atoms with Crippen LogP contribution < -0.4 is 10.6 Å². The lowest BCUT2D eigenvalue weighted by Crippen LogP contribution is -2.27. The van der Waals surface area contributed by atoms with Gasteiger partial charge in [-0.1, -0.05) is 23.8 Å². The minimum atomic E-state index is -0.244.